The van der Waals surface area contributed by atoms with Crippen LogP contribution in [0.2, 0.25) is 0 Å². The molecular formula is C15H22N2O2. The van der Waals surface area contributed by atoms with Gasteiger partial charge in [-0.1, -0.05) is 19.8 Å². The molecule has 0 aliphatic heterocycles. The Labute approximate surface area is 114 Å². The van der Waals surface area contributed by atoms with E-state index in [4.69, 9.17) is 0 Å². The molecule has 0 unspecified atom stereocenters. The second-order valence-corrected chi connectivity index (χ2v) is 5.67. The Kier molecular flexibility index (Phi) is 4.08. The highest BCUT2D eigenvalue weighted by Crippen LogP contribution is 2.41. The van der Waals surface area contributed by atoms with Gasteiger partial charge in [0.15, 0.2) is 0 Å². The van der Waals surface area contributed by atoms with Gasteiger partial charge in [0.25, 0.3) is 5.69 Å². The van der Waals surface area contributed by atoms with Gasteiger partial charge in [-0.05, 0) is 43.2 Å². The van der Waals surface area contributed by atoms with E-state index in [0.717, 1.165) is 17.8 Å². The number of benzene rings is 1. The number of anilines is 1. The van der Waals surface area contributed by atoms with Gasteiger partial charge in [0, 0.05) is 24.4 Å². The quantitative estimate of drug-likeness (QED) is 0.636. The molecule has 0 amide bonds. The molecule has 0 aromatic heterocycles. The highest BCUT2D eigenvalue weighted by Gasteiger charge is 2.31. The van der Waals surface area contributed by atoms with Crippen molar-refractivity contribution in [2.24, 2.45) is 5.41 Å². The average Bonchev–Trinajstić information content (AvgIpc) is 2.86. The van der Waals surface area contributed by atoms with E-state index in [1.165, 1.54) is 32.1 Å². The molecular weight excluding hydrogens is 240 g/mol. The summed E-state index contributed by atoms with van der Waals surface area (Å²) in [6.07, 6.45) is 6.45. The molecule has 1 aliphatic carbocycles. The zero-order valence-electron chi connectivity index (χ0n) is 11.7. The number of rotatable bonds is 5. The maximum absolute atomic E-state index is 10.7. The van der Waals surface area contributed by atoms with Crippen molar-refractivity contribution in [3.8, 4) is 0 Å². The summed E-state index contributed by atoms with van der Waals surface area (Å²) in [7, 11) is 0. The van der Waals surface area contributed by atoms with Crippen LogP contribution in [0, 0.1) is 22.5 Å². The second-order valence-electron chi connectivity index (χ2n) is 5.67. The van der Waals surface area contributed by atoms with E-state index >= 15 is 0 Å². The van der Waals surface area contributed by atoms with Crippen LogP contribution in [0.15, 0.2) is 18.2 Å². The molecule has 0 atom stereocenters. The summed E-state index contributed by atoms with van der Waals surface area (Å²) in [4.78, 5) is 10.4. The zero-order chi connectivity index (χ0) is 13.9. The molecule has 0 saturated heterocycles. The molecule has 1 saturated carbocycles. The summed E-state index contributed by atoms with van der Waals surface area (Å²) in [5.41, 5.74) is 2.55. The first-order chi connectivity index (χ1) is 9.06. The van der Waals surface area contributed by atoms with E-state index in [2.05, 4.69) is 12.2 Å². The third-order valence-corrected chi connectivity index (χ3v) is 4.49. The molecule has 1 N–H and O–H groups in total. The fourth-order valence-corrected chi connectivity index (χ4v) is 3.02. The van der Waals surface area contributed by atoms with E-state index < -0.39 is 0 Å². The molecule has 1 aromatic rings. The Morgan fingerprint density at radius 1 is 1.37 bits per heavy atom. The topological polar surface area (TPSA) is 55.2 Å². The van der Waals surface area contributed by atoms with Crippen molar-refractivity contribution in [2.75, 3.05) is 11.9 Å². The van der Waals surface area contributed by atoms with Crippen molar-refractivity contribution in [1.82, 2.24) is 0 Å². The van der Waals surface area contributed by atoms with Gasteiger partial charge in [0.2, 0.25) is 0 Å². The molecule has 1 aliphatic rings. The maximum atomic E-state index is 10.7. The SMILES string of the molecule is CCC1(CNc2ccc([N+](=O)[O-])cc2C)CCCC1. The van der Waals surface area contributed by atoms with Crippen molar-refractivity contribution in [1.29, 1.82) is 0 Å². The van der Waals surface area contributed by atoms with E-state index in [9.17, 15) is 10.1 Å². The first kappa shape index (κ1) is 13.8. The Bertz CT molecular complexity index is 465. The number of nitrogens with one attached hydrogen (secondary N) is 1. The minimum absolute atomic E-state index is 0.161. The molecule has 1 aromatic carbocycles. The van der Waals surface area contributed by atoms with Crippen molar-refractivity contribution < 1.29 is 4.92 Å². The molecule has 2 rings (SSSR count). The van der Waals surface area contributed by atoms with Gasteiger partial charge in [-0.25, -0.2) is 0 Å². The van der Waals surface area contributed by atoms with Gasteiger partial charge in [0.1, 0.15) is 0 Å². The van der Waals surface area contributed by atoms with Crippen molar-refractivity contribution in [3.63, 3.8) is 0 Å². The average molecular weight is 262 g/mol. The Balaban J connectivity index is 2.05. The molecule has 0 radical (unpaired) electrons. The molecule has 4 nitrogen and oxygen atoms in total. The van der Waals surface area contributed by atoms with Crippen LogP contribution in [0.3, 0.4) is 0 Å². The predicted octanol–water partition coefficient (Wildman–Crippen LogP) is 4.29. The summed E-state index contributed by atoms with van der Waals surface area (Å²) >= 11 is 0. The Hall–Kier alpha value is -1.58. The van der Waals surface area contributed by atoms with E-state index in [-0.39, 0.29) is 10.6 Å². The lowest BCUT2D eigenvalue weighted by Gasteiger charge is -2.28. The van der Waals surface area contributed by atoms with Crippen molar-refractivity contribution in [2.45, 2.75) is 46.0 Å². The minimum Gasteiger partial charge on any atom is -0.384 e. The Morgan fingerprint density at radius 3 is 2.58 bits per heavy atom. The number of non-ortho nitro benzene ring substituents is 1. The normalized spacial score (nSPS) is 17.4. The lowest BCUT2D eigenvalue weighted by atomic mass is 9.83. The van der Waals surface area contributed by atoms with Crippen LogP contribution in [0.5, 0.6) is 0 Å². The first-order valence-electron chi connectivity index (χ1n) is 7.05. The van der Waals surface area contributed by atoms with E-state index in [1.54, 1.807) is 12.1 Å². The molecule has 0 spiro atoms. The summed E-state index contributed by atoms with van der Waals surface area (Å²) in [6.45, 7) is 5.15. The summed E-state index contributed by atoms with van der Waals surface area (Å²) in [5.74, 6) is 0. The van der Waals surface area contributed by atoms with Crippen LogP contribution in [0.25, 0.3) is 0 Å². The molecule has 4 heteroatoms. The summed E-state index contributed by atoms with van der Waals surface area (Å²) in [5, 5.41) is 14.2. The number of nitro groups is 1. The molecule has 0 heterocycles. The molecule has 1 fully saturated rings. The first-order valence-corrected chi connectivity index (χ1v) is 7.05. The fraction of sp³-hybridized carbons (Fsp3) is 0.600. The maximum Gasteiger partial charge on any atom is 0.269 e. The highest BCUT2D eigenvalue weighted by atomic mass is 16.6. The van der Waals surface area contributed by atoms with Crippen LogP contribution in [0.4, 0.5) is 11.4 Å². The van der Waals surface area contributed by atoms with E-state index in [0.29, 0.717) is 5.41 Å². The van der Waals surface area contributed by atoms with Crippen LogP contribution < -0.4 is 5.32 Å². The Morgan fingerprint density at radius 2 is 2.05 bits per heavy atom. The second kappa shape index (κ2) is 5.59. The van der Waals surface area contributed by atoms with Crippen LogP contribution in [0.1, 0.15) is 44.6 Å². The third-order valence-electron chi connectivity index (χ3n) is 4.49. The number of nitrogens with zero attached hydrogens (tertiary/aromatic N) is 1. The fourth-order valence-electron chi connectivity index (χ4n) is 3.02. The van der Waals surface area contributed by atoms with Crippen LogP contribution in [-0.2, 0) is 0 Å². The largest absolute Gasteiger partial charge is 0.384 e. The number of hydrogen-bond acceptors (Lipinski definition) is 3. The smallest absolute Gasteiger partial charge is 0.269 e. The lowest BCUT2D eigenvalue weighted by Crippen LogP contribution is -2.26. The summed E-state index contributed by atoms with van der Waals surface area (Å²) in [6, 6.07) is 5.03. The molecule has 19 heavy (non-hydrogen) atoms. The van der Waals surface area contributed by atoms with Crippen LogP contribution in [-0.4, -0.2) is 11.5 Å². The number of nitro benzene ring substituents is 1. The van der Waals surface area contributed by atoms with Crippen LogP contribution >= 0.6 is 0 Å². The minimum atomic E-state index is -0.346. The highest BCUT2D eigenvalue weighted by molar-refractivity contribution is 5.55. The zero-order valence-corrected chi connectivity index (χ0v) is 11.7. The standard InChI is InChI=1S/C15H22N2O2/c1-3-15(8-4-5-9-15)11-16-14-7-6-13(17(18)19)10-12(14)2/h6-7,10,16H,3-5,8-9,11H2,1-2H3. The van der Waals surface area contributed by atoms with Gasteiger partial charge < -0.3 is 5.32 Å². The van der Waals surface area contributed by atoms with E-state index in [1.807, 2.05) is 13.0 Å². The van der Waals surface area contributed by atoms with Crippen molar-refractivity contribution >= 4 is 11.4 Å². The van der Waals surface area contributed by atoms with Gasteiger partial charge in [-0.3, -0.25) is 10.1 Å². The molecule has 104 valence electrons. The van der Waals surface area contributed by atoms with Gasteiger partial charge >= 0.3 is 0 Å². The number of aryl methyl sites for hydroxylation is 1. The van der Waals surface area contributed by atoms with Crippen molar-refractivity contribution in [3.05, 3.63) is 33.9 Å². The molecule has 0 bridgehead atoms. The van der Waals surface area contributed by atoms with Gasteiger partial charge in [-0.15, -0.1) is 0 Å². The third kappa shape index (κ3) is 3.06. The van der Waals surface area contributed by atoms with Gasteiger partial charge in [0.05, 0.1) is 4.92 Å². The number of hydrogen-bond donors (Lipinski definition) is 1. The monoisotopic (exact) mass is 262 g/mol. The van der Waals surface area contributed by atoms with Gasteiger partial charge in [-0.2, -0.15) is 0 Å². The lowest BCUT2D eigenvalue weighted by molar-refractivity contribution is -0.384. The predicted molar refractivity (Wildman–Crippen MR) is 77.5 cm³/mol. The summed E-state index contributed by atoms with van der Waals surface area (Å²) < 4.78 is 0.